The highest BCUT2D eigenvalue weighted by molar-refractivity contribution is 5.92. The lowest BCUT2D eigenvalue weighted by molar-refractivity contribution is 0.0699. The lowest BCUT2D eigenvalue weighted by Gasteiger charge is -2.31. The quantitative estimate of drug-likeness (QED) is 0.909. The fraction of sp³-hybridized carbons (Fsp3) is 0.400. The highest BCUT2D eigenvalue weighted by atomic mass is 16.2. The summed E-state index contributed by atoms with van der Waals surface area (Å²) in [4.78, 5) is 26.1. The van der Waals surface area contributed by atoms with Crippen LogP contribution in [0.3, 0.4) is 0 Å². The van der Waals surface area contributed by atoms with E-state index in [4.69, 9.17) is 0 Å². The largest absolute Gasteiger partial charge is 0.346 e. The highest BCUT2D eigenvalue weighted by Crippen LogP contribution is 2.25. The molecule has 5 nitrogen and oxygen atoms in total. The highest BCUT2D eigenvalue weighted by Gasteiger charge is 2.27. The fourth-order valence-electron chi connectivity index (χ4n) is 2.68. The number of aromatic amines is 1. The molecule has 0 saturated carbocycles. The maximum Gasteiger partial charge on any atom is 0.272 e. The van der Waals surface area contributed by atoms with Crippen LogP contribution in [0.25, 0.3) is 0 Å². The first-order chi connectivity index (χ1) is 9.74. The predicted molar refractivity (Wildman–Crippen MR) is 75.4 cm³/mol. The second-order valence-electron chi connectivity index (χ2n) is 5.26. The summed E-state index contributed by atoms with van der Waals surface area (Å²) in [5.41, 5.74) is 1.58. The van der Waals surface area contributed by atoms with E-state index in [1.807, 2.05) is 30.2 Å². The van der Waals surface area contributed by atoms with Crippen LogP contribution in [0.1, 0.15) is 40.8 Å². The van der Waals surface area contributed by atoms with Crippen molar-refractivity contribution < 1.29 is 4.79 Å². The number of amides is 1. The van der Waals surface area contributed by atoms with Gasteiger partial charge in [0.1, 0.15) is 11.5 Å². The van der Waals surface area contributed by atoms with E-state index in [0.717, 1.165) is 30.9 Å². The van der Waals surface area contributed by atoms with E-state index in [-0.39, 0.29) is 5.91 Å². The molecule has 104 valence electrons. The van der Waals surface area contributed by atoms with Gasteiger partial charge in [-0.3, -0.25) is 9.78 Å². The molecule has 1 aliphatic heterocycles. The third-order valence-electron chi connectivity index (χ3n) is 3.70. The number of nitrogens with one attached hydrogen (secondary N) is 1. The number of aryl methyl sites for hydroxylation is 1. The Balaban J connectivity index is 1.74. The van der Waals surface area contributed by atoms with Crippen LogP contribution in [0.2, 0.25) is 0 Å². The number of imidazole rings is 1. The minimum atomic E-state index is 0.0126. The van der Waals surface area contributed by atoms with Gasteiger partial charge in [-0.1, -0.05) is 6.07 Å². The number of likely N-dealkylation sites (tertiary alicyclic amines) is 1. The van der Waals surface area contributed by atoms with Gasteiger partial charge in [0.15, 0.2) is 0 Å². The van der Waals surface area contributed by atoms with E-state index in [1.165, 1.54) is 0 Å². The van der Waals surface area contributed by atoms with Crippen molar-refractivity contribution in [2.45, 2.75) is 25.7 Å². The molecule has 1 fully saturated rings. The van der Waals surface area contributed by atoms with Gasteiger partial charge >= 0.3 is 0 Å². The predicted octanol–water partition coefficient (Wildman–Crippen LogP) is 2.13. The van der Waals surface area contributed by atoms with Crippen LogP contribution in [0.15, 0.2) is 30.6 Å². The minimum Gasteiger partial charge on any atom is -0.346 e. The zero-order chi connectivity index (χ0) is 13.9. The molecule has 0 spiro atoms. The van der Waals surface area contributed by atoms with Gasteiger partial charge in [0, 0.05) is 37.1 Å². The monoisotopic (exact) mass is 270 g/mol. The summed E-state index contributed by atoms with van der Waals surface area (Å²) in [6.45, 7) is 3.50. The lowest BCUT2D eigenvalue weighted by Crippen LogP contribution is -2.39. The van der Waals surface area contributed by atoms with Crippen molar-refractivity contribution in [3.8, 4) is 0 Å². The van der Waals surface area contributed by atoms with Crippen molar-refractivity contribution in [2.24, 2.45) is 0 Å². The average molecular weight is 270 g/mol. The lowest BCUT2D eigenvalue weighted by atomic mass is 9.97. The number of hydrogen-bond acceptors (Lipinski definition) is 3. The Morgan fingerprint density at radius 1 is 1.40 bits per heavy atom. The van der Waals surface area contributed by atoms with Gasteiger partial charge in [-0.15, -0.1) is 0 Å². The molecular formula is C15H18N4O. The summed E-state index contributed by atoms with van der Waals surface area (Å²) in [6, 6.07) is 5.43. The van der Waals surface area contributed by atoms with E-state index >= 15 is 0 Å². The third-order valence-corrected chi connectivity index (χ3v) is 3.70. The molecule has 20 heavy (non-hydrogen) atoms. The van der Waals surface area contributed by atoms with Gasteiger partial charge in [-0.2, -0.15) is 0 Å². The van der Waals surface area contributed by atoms with E-state index in [0.29, 0.717) is 18.2 Å². The Morgan fingerprint density at radius 3 is 3.00 bits per heavy atom. The number of pyridine rings is 1. The Labute approximate surface area is 118 Å². The van der Waals surface area contributed by atoms with Gasteiger partial charge in [-0.05, 0) is 31.9 Å². The number of hydrogen-bond donors (Lipinski definition) is 1. The summed E-state index contributed by atoms with van der Waals surface area (Å²) in [5.74, 6) is 1.30. The van der Waals surface area contributed by atoms with Crippen LogP contribution in [0, 0.1) is 6.92 Å². The molecule has 0 bridgehead atoms. The normalized spacial score (nSPS) is 19.1. The zero-order valence-corrected chi connectivity index (χ0v) is 11.5. The summed E-state index contributed by atoms with van der Waals surface area (Å²) < 4.78 is 0. The standard InChI is InChI=1S/C15H18N4O/c1-11-9-17-14(18-11)12-5-4-8-19(10-12)15(20)13-6-2-3-7-16-13/h2-3,6-7,9,12H,4-5,8,10H2,1H3,(H,17,18). The number of carbonyl (C=O) groups is 1. The van der Waals surface area contributed by atoms with Crippen LogP contribution >= 0.6 is 0 Å². The van der Waals surface area contributed by atoms with Crippen LogP contribution < -0.4 is 0 Å². The first-order valence-electron chi connectivity index (χ1n) is 6.96. The van der Waals surface area contributed by atoms with Crippen LogP contribution in [-0.2, 0) is 0 Å². The molecule has 1 aliphatic rings. The number of carbonyl (C=O) groups excluding carboxylic acids is 1. The van der Waals surface area contributed by atoms with Crippen molar-refractivity contribution in [3.05, 3.63) is 47.8 Å². The van der Waals surface area contributed by atoms with Crippen molar-refractivity contribution in [1.29, 1.82) is 0 Å². The maximum absolute atomic E-state index is 12.4. The van der Waals surface area contributed by atoms with Crippen molar-refractivity contribution in [2.75, 3.05) is 13.1 Å². The first kappa shape index (κ1) is 12.8. The molecule has 1 saturated heterocycles. The van der Waals surface area contributed by atoms with Gasteiger partial charge in [0.2, 0.25) is 0 Å². The molecule has 1 amide bonds. The summed E-state index contributed by atoms with van der Waals surface area (Å²) in [5, 5.41) is 0. The number of piperidine rings is 1. The van der Waals surface area contributed by atoms with Crippen LogP contribution in [-0.4, -0.2) is 38.8 Å². The van der Waals surface area contributed by atoms with Crippen molar-refractivity contribution >= 4 is 5.91 Å². The molecule has 2 aromatic heterocycles. The SMILES string of the molecule is Cc1cnc(C2CCCN(C(=O)c3ccccn3)C2)[nH]1. The number of nitrogens with zero attached hydrogens (tertiary/aromatic N) is 3. The average Bonchev–Trinajstić information content (AvgIpc) is 2.94. The number of aromatic nitrogens is 3. The topological polar surface area (TPSA) is 61.9 Å². The van der Waals surface area contributed by atoms with Gasteiger partial charge in [0.05, 0.1) is 0 Å². The molecule has 5 heteroatoms. The Bertz CT molecular complexity index is 593. The molecule has 3 rings (SSSR count). The van der Waals surface area contributed by atoms with E-state index in [1.54, 1.807) is 12.3 Å². The zero-order valence-electron chi connectivity index (χ0n) is 11.5. The Kier molecular flexibility index (Phi) is 3.50. The second kappa shape index (κ2) is 5.45. The van der Waals surface area contributed by atoms with E-state index < -0.39 is 0 Å². The molecule has 0 aromatic carbocycles. The molecule has 3 heterocycles. The van der Waals surface area contributed by atoms with Crippen LogP contribution in [0.4, 0.5) is 0 Å². The van der Waals surface area contributed by atoms with Crippen molar-refractivity contribution in [3.63, 3.8) is 0 Å². The number of rotatable bonds is 2. The molecular weight excluding hydrogens is 252 g/mol. The van der Waals surface area contributed by atoms with E-state index in [2.05, 4.69) is 15.0 Å². The minimum absolute atomic E-state index is 0.0126. The van der Waals surface area contributed by atoms with E-state index in [9.17, 15) is 4.79 Å². The fourth-order valence-corrected chi connectivity index (χ4v) is 2.68. The van der Waals surface area contributed by atoms with Crippen LogP contribution in [0.5, 0.6) is 0 Å². The Morgan fingerprint density at radius 2 is 2.30 bits per heavy atom. The van der Waals surface area contributed by atoms with Gasteiger partial charge < -0.3 is 9.88 Å². The summed E-state index contributed by atoms with van der Waals surface area (Å²) >= 11 is 0. The molecule has 1 N–H and O–H groups in total. The maximum atomic E-state index is 12.4. The molecule has 1 atom stereocenters. The van der Waals surface area contributed by atoms with Crippen molar-refractivity contribution in [1.82, 2.24) is 19.9 Å². The second-order valence-corrected chi connectivity index (χ2v) is 5.26. The molecule has 0 radical (unpaired) electrons. The summed E-state index contributed by atoms with van der Waals surface area (Å²) in [7, 11) is 0. The summed E-state index contributed by atoms with van der Waals surface area (Å²) in [6.07, 6.45) is 5.57. The van der Waals surface area contributed by atoms with Gasteiger partial charge in [0.25, 0.3) is 5.91 Å². The smallest absolute Gasteiger partial charge is 0.272 e. The molecule has 0 aliphatic carbocycles. The number of H-pyrrole nitrogens is 1. The molecule has 2 aromatic rings. The third kappa shape index (κ3) is 2.57. The Hall–Kier alpha value is -2.17. The van der Waals surface area contributed by atoms with Gasteiger partial charge in [-0.25, -0.2) is 4.98 Å². The first-order valence-corrected chi connectivity index (χ1v) is 6.96. The molecule has 1 unspecified atom stereocenters.